The van der Waals surface area contributed by atoms with Gasteiger partial charge in [-0.1, -0.05) is 186 Å². The van der Waals surface area contributed by atoms with Gasteiger partial charge in [0.25, 0.3) is 0 Å². The van der Waals surface area contributed by atoms with Crippen LogP contribution in [-0.4, -0.2) is 73.4 Å². The van der Waals surface area contributed by atoms with Crippen LogP contribution >= 0.6 is 7.82 Å². The zero-order valence-electron chi connectivity index (χ0n) is 35.5. The summed E-state index contributed by atoms with van der Waals surface area (Å²) in [4.78, 5) is 23.1. The predicted octanol–water partition coefficient (Wildman–Crippen LogP) is 12.1. The molecule has 0 fully saturated rings. The van der Waals surface area contributed by atoms with Crippen LogP contribution in [0, 0.1) is 0 Å². The van der Waals surface area contributed by atoms with Gasteiger partial charge in [0, 0.05) is 6.42 Å². The molecule has 0 saturated heterocycles. The average molecular weight is 772 g/mol. The smallest absolute Gasteiger partial charge is 0.387 e. The summed E-state index contributed by atoms with van der Waals surface area (Å²) in [6.45, 7) is 4.79. The second kappa shape index (κ2) is 36.6. The van der Waals surface area contributed by atoms with Crippen molar-refractivity contribution in [3.8, 4) is 0 Å². The lowest BCUT2D eigenvalue weighted by molar-refractivity contribution is -0.870. The Hall–Kier alpha value is -1.02. The Morgan fingerprint density at radius 3 is 1.51 bits per heavy atom. The SMILES string of the molecule is CCCCCCCCC/C=C/CC/C=C/[C@@H](O)[C@H](COP(=O)(O)OCC[N+](C)(C)C)NC(=O)CCCCCCCCCCCCCCCCCCCC. The average Bonchev–Trinajstić information content (AvgIpc) is 3.10. The number of aliphatic hydroxyl groups is 1. The molecule has 0 rings (SSSR count). The van der Waals surface area contributed by atoms with E-state index in [-0.39, 0.29) is 19.1 Å². The largest absolute Gasteiger partial charge is 0.472 e. The molecule has 9 heteroatoms. The molecule has 0 aliphatic carbocycles. The maximum atomic E-state index is 12.8. The van der Waals surface area contributed by atoms with E-state index in [1.165, 1.54) is 141 Å². The summed E-state index contributed by atoms with van der Waals surface area (Å²) < 4.78 is 23.5. The number of phosphoric acid groups is 1. The lowest BCUT2D eigenvalue weighted by atomic mass is 10.0. The van der Waals surface area contributed by atoms with Crippen molar-refractivity contribution in [1.82, 2.24) is 5.32 Å². The fraction of sp³-hybridized carbons (Fsp3) is 0.886. The summed E-state index contributed by atoms with van der Waals surface area (Å²) in [5, 5.41) is 13.8. The van der Waals surface area contributed by atoms with Crippen molar-refractivity contribution < 1.29 is 32.9 Å². The molecule has 0 aliphatic rings. The number of allylic oxidation sites excluding steroid dienone is 3. The quantitative estimate of drug-likeness (QED) is 0.0248. The van der Waals surface area contributed by atoms with Crippen molar-refractivity contribution in [3.05, 3.63) is 24.3 Å². The first-order valence-electron chi connectivity index (χ1n) is 22.2. The van der Waals surface area contributed by atoms with Gasteiger partial charge in [0.2, 0.25) is 5.91 Å². The molecule has 0 radical (unpaired) electrons. The number of carbonyl (C=O) groups excluding carboxylic acids is 1. The Morgan fingerprint density at radius 1 is 0.623 bits per heavy atom. The zero-order chi connectivity index (χ0) is 39.3. The van der Waals surface area contributed by atoms with Crippen LogP contribution < -0.4 is 5.32 Å². The van der Waals surface area contributed by atoms with Crippen molar-refractivity contribution in [2.45, 2.75) is 212 Å². The highest BCUT2D eigenvalue weighted by molar-refractivity contribution is 7.47. The summed E-state index contributed by atoms with van der Waals surface area (Å²) in [5.41, 5.74) is 0. The number of carbonyl (C=O) groups is 1. The number of nitrogens with zero attached hydrogens (tertiary/aromatic N) is 1. The summed E-state index contributed by atoms with van der Waals surface area (Å²) >= 11 is 0. The first-order valence-corrected chi connectivity index (χ1v) is 23.7. The third-order valence-electron chi connectivity index (χ3n) is 9.92. The van der Waals surface area contributed by atoms with E-state index in [1.807, 2.05) is 27.2 Å². The second-order valence-electron chi connectivity index (χ2n) is 16.4. The van der Waals surface area contributed by atoms with E-state index in [1.54, 1.807) is 6.08 Å². The van der Waals surface area contributed by atoms with Gasteiger partial charge in [0.05, 0.1) is 39.9 Å². The summed E-state index contributed by atoms with van der Waals surface area (Å²) in [6.07, 6.45) is 42.5. The van der Waals surface area contributed by atoms with Crippen molar-refractivity contribution in [2.24, 2.45) is 0 Å². The number of aliphatic hydroxyl groups excluding tert-OH is 1. The number of unbranched alkanes of at least 4 members (excludes halogenated alkanes) is 25. The van der Waals surface area contributed by atoms with Gasteiger partial charge in [0.1, 0.15) is 13.2 Å². The van der Waals surface area contributed by atoms with E-state index in [0.717, 1.165) is 38.5 Å². The number of phosphoric ester groups is 1. The summed E-state index contributed by atoms with van der Waals surface area (Å²) in [5.74, 6) is -0.186. The van der Waals surface area contributed by atoms with Crippen LogP contribution in [0.3, 0.4) is 0 Å². The van der Waals surface area contributed by atoms with Crippen LogP contribution in [0.1, 0.15) is 200 Å². The Balaban J connectivity index is 4.41. The number of hydrogen-bond donors (Lipinski definition) is 3. The van der Waals surface area contributed by atoms with E-state index < -0.39 is 20.0 Å². The molecule has 0 aromatic carbocycles. The monoisotopic (exact) mass is 772 g/mol. The normalized spacial score (nSPS) is 14.6. The lowest BCUT2D eigenvalue weighted by Gasteiger charge is -2.25. The van der Waals surface area contributed by atoms with E-state index in [9.17, 15) is 19.4 Å². The Bertz CT molecular complexity index is 922. The third-order valence-corrected chi connectivity index (χ3v) is 10.9. The Labute approximate surface area is 328 Å². The van der Waals surface area contributed by atoms with Crippen LogP contribution in [0.5, 0.6) is 0 Å². The zero-order valence-corrected chi connectivity index (χ0v) is 36.4. The molecule has 8 nitrogen and oxygen atoms in total. The van der Waals surface area contributed by atoms with Gasteiger partial charge < -0.3 is 19.8 Å². The molecule has 0 aromatic rings. The van der Waals surface area contributed by atoms with Gasteiger partial charge in [-0.05, 0) is 32.1 Å². The minimum absolute atomic E-state index is 0.0581. The van der Waals surface area contributed by atoms with Crippen molar-refractivity contribution in [1.29, 1.82) is 0 Å². The van der Waals surface area contributed by atoms with E-state index in [2.05, 4.69) is 31.3 Å². The molecule has 53 heavy (non-hydrogen) atoms. The van der Waals surface area contributed by atoms with Crippen molar-refractivity contribution in [2.75, 3.05) is 40.9 Å². The summed E-state index contributed by atoms with van der Waals surface area (Å²) in [6, 6.07) is -0.857. The lowest BCUT2D eigenvalue weighted by Crippen LogP contribution is -2.45. The number of rotatable bonds is 40. The molecule has 0 aliphatic heterocycles. The fourth-order valence-corrected chi connectivity index (χ4v) is 7.09. The van der Waals surface area contributed by atoms with Gasteiger partial charge in [-0.15, -0.1) is 0 Å². The first-order chi connectivity index (χ1) is 25.5. The molecule has 314 valence electrons. The minimum atomic E-state index is -4.34. The molecule has 0 heterocycles. The number of likely N-dealkylation sites (N-methyl/N-ethyl adjacent to an activating group) is 1. The van der Waals surface area contributed by atoms with Crippen LogP contribution in [0.25, 0.3) is 0 Å². The van der Waals surface area contributed by atoms with Crippen LogP contribution in [0.15, 0.2) is 24.3 Å². The summed E-state index contributed by atoms with van der Waals surface area (Å²) in [7, 11) is 1.56. The first kappa shape index (κ1) is 52.0. The van der Waals surface area contributed by atoms with E-state index >= 15 is 0 Å². The minimum Gasteiger partial charge on any atom is -0.387 e. The van der Waals surface area contributed by atoms with Gasteiger partial charge in [-0.2, -0.15) is 0 Å². The topological polar surface area (TPSA) is 105 Å². The van der Waals surface area contributed by atoms with Crippen LogP contribution in [0.4, 0.5) is 0 Å². The van der Waals surface area contributed by atoms with Gasteiger partial charge in [0.15, 0.2) is 0 Å². The molecule has 0 spiro atoms. The highest BCUT2D eigenvalue weighted by atomic mass is 31.2. The molecule has 1 unspecified atom stereocenters. The third kappa shape index (κ3) is 39.0. The van der Waals surface area contributed by atoms with E-state index in [4.69, 9.17) is 9.05 Å². The molecule has 3 N–H and O–H groups in total. The maximum Gasteiger partial charge on any atom is 0.472 e. The van der Waals surface area contributed by atoms with Gasteiger partial charge in [-0.3, -0.25) is 13.8 Å². The van der Waals surface area contributed by atoms with Crippen molar-refractivity contribution in [3.63, 3.8) is 0 Å². The van der Waals surface area contributed by atoms with Gasteiger partial charge in [-0.25, -0.2) is 4.57 Å². The standard InChI is InChI=1S/C44H87N2O6P/c1-6-8-10-12-14-16-18-20-21-22-23-24-26-28-30-32-34-36-38-44(48)45-42(41-52-53(49,50)51-40-39-46(3,4)5)43(47)37-35-33-31-29-27-25-19-17-15-13-11-9-7-2/h27,29,35,37,42-43,47H,6-26,28,30-34,36,38-41H2,1-5H3,(H-,45,48,49,50)/p+1/b29-27+,37-35+/t42-,43+/m0/s1. The molecule has 1 amide bonds. The highest BCUT2D eigenvalue weighted by Gasteiger charge is 2.27. The van der Waals surface area contributed by atoms with Crippen LogP contribution in [-0.2, 0) is 18.4 Å². The predicted molar refractivity (Wildman–Crippen MR) is 226 cm³/mol. The molecule has 0 bridgehead atoms. The number of amides is 1. The molecular weight excluding hydrogens is 683 g/mol. The Morgan fingerprint density at radius 2 is 1.04 bits per heavy atom. The number of nitrogens with one attached hydrogen (secondary N) is 1. The molecule has 0 aromatic heterocycles. The van der Waals surface area contributed by atoms with Crippen LogP contribution in [0.2, 0.25) is 0 Å². The van der Waals surface area contributed by atoms with Crippen molar-refractivity contribution >= 4 is 13.7 Å². The van der Waals surface area contributed by atoms with E-state index in [0.29, 0.717) is 17.4 Å². The molecular formula is C44H88N2O6P+. The fourth-order valence-electron chi connectivity index (χ4n) is 6.35. The highest BCUT2D eigenvalue weighted by Crippen LogP contribution is 2.43. The number of quaternary nitrogens is 1. The molecule has 0 saturated carbocycles. The molecule has 3 atom stereocenters. The number of hydrogen-bond acceptors (Lipinski definition) is 5. The second-order valence-corrected chi connectivity index (χ2v) is 17.9. The Kier molecular flexibility index (Phi) is 35.9. The van der Waals surface area contributed by atoms with Gasteiger partial charge >= 0.3 is 7.82 Å². The maximum absolute atomic E-state index is 12.8.